The van der Waals surface area contributed by atoms with Crippen molar-refractivity contribution >= 4 is 43.1 Å². The second kappa shape index (κ2) is 7.04. The zero-order valence-corrected chi connectivity index (χ0v) is 19.1. The van der Waals surface area contributed by atoms with Crippen LogP contribution in [0.1, 0.15) is 16.7 Å². The van der Waals surface area contributed by atoms with Gasteiger partial charge < -0.3 is 0 Å². The van der Waals surface area contributed by atoms with Gasteiger partial charge in [0.05, 0.1) is 5.92 Å². The van der Waals surface area contributed by atoms with E-state index in [1.54, 1.807) is 0 Å². The van der Waals surface area contributed by atoms with E-state index in [2.05, 4.69) is 127 Å². The van der Waals surface area contributed by atoms with Crippen molar-refractivity contribution in [3.05, 3.63) is 150 Å². The van der Waals surface area contributed by atoms with Gasteiger partial charge in [0, 0.05) is 0 Å². The molecule has 161 valence electrons. The predicted molar refractivity (Wildman–Crippen MR) is 149 cm³/mol. The molecule has 7 aromatic rings. The predicted octanol–water partition coefficient (Wildman–Crippen LogP) is 9.30. The Kier molecular flexibility index (Phi) is 3.81. The molecule has 0 unspecified atom stereocenters. The summed E-state index contributed by atoms with van der Waals surface area (Å²) in [7, 11) is 0. The van der Waals surface area contributed by atoms with Gasteiger partial charge in [-0.05, 0) is 77.0 Å². The average molecular weight is 442 g/mol. The van der Waals surface area contributed by atoms with E-state index >= 15 is 0 Å². The van der Waals surface area contributed by atoms with Gasteiger partial charge in [-0.1, -0.05) is 121 Å². The van der Waals surface area contributed by atoms with E-state index in [0.717, 1.165) is 0 Å². The number of hydrogen-bond donors (Lipinski definition) is 0. The maximum atomic E-state index is 2.33. The Morgan fingerprint density at radius 1 is 0.286 bits per heavy atom. The molecule has 1 aliphatic carbocycles. The summed E-state index contributed by atoms with van der Waals surface area (Å²) in [6, 6.07) is 46.9. The molecule has 0 amide bonds. The lowest BCUT2D eigenvalue weighted by molar-refractivity contribution is 1.36. The third-order valence-electron chi connectivity index (χ3n) is 7.67. The zero-order valence-electron chi connectivity index (χ0n) is 19.1. The largest absolute Gasteiger partial charge is 0.0667 e. The minimum Gasteiger partial charge on any atom is -0.0616 e. The Labute approximate surface area is 204 Å². The summed E-state index contributed by atoms with van der Waals surface area (Å²) < 4.78 is 0. The van der Waals surface area contributed by atoms with Gasteiger partial charge in [0.15, 0.2) is 0 Å². The van der Waals surface area contributed by atoms with Gasteiger partial charge in [-0.2, -0.15) is 0 Å². The van der Waals surface area contributed by atoms with Crippen LogP contribution in [-0.2, 0) is 0 Å². The molecule has 0 nitrogen and oxygen atoms in total. The van der Waals surface area contributed by atoms with Gasteiger partial charge in [-0.15, -0.1) is 0 Å². The highest BCUT2D eigenvalue weighted by Crippen LogP contribution is 2.54. The summed E-state index contributed by atoms with van der Waals surface area (Å²) in [5.41, 5.74) is 6.71. The van der Waals surface area contributed by atoms with E-state index in [-0.39, 0.29) is 0 Å². The molecule has 0 saturated carbocycles. The van der Waals surface area contributed by atoms with Gasteiger partial charge in [-0.3, -0.25) is 0 Å². The molecule has 0 N–H and O–H groups in total. The first-order valence-electron chi connectivity index (χ1n) is 12.2. The van der Waals surface area contributed by atoms with Crippen LogP contribution in [-0.4, -0.2) is 0 Å². The molecule has 35 heavy (non-hydrogen) atoms. The van der Waals surface area contributed by atoms with Crippen molar-refractivity contribution in [1.29, 1.82) is 0 Å². The van der Waals surface area contributed by atoms with Crippen molar-refractivity contribution in [1.82, 2.24) is 0 Å². The standard InChI is InChI=1S/C35H21/c1-5-13-26-22(9-1)17-19-30-31-20-18-23-10-2-6-14-27(23)34(31)35(33(26)30)32-28-15-7-3-11-24(28)21-25-12-4-8-16-29(25)32/h1-21H. The molecule has 0 heteroatoms. The van der Waals surface area contributed by atoms with E-state index in [1.807, 2.05) is 0 Å². The van der Waals surface area contributed by atoms with Gasteiger partial charge in [-0.25, -0.2) is 0 Å². The van der Waals surface area contributed by atoms with Crippen LogP contribution >= 0.6 is 0 Å². The van der Waals surface area contributed by atoms with E-state index in [0.29, 0.717) is 0 Å². The first kappa shape index (κ1) is 18.9. The molecule has 8 rings (SSSR count). The summed E-state index contributed by atoms with van der Waals surface area (Å²) in [6.07, 6.45) is 0. The van der Waals surface area contributed by atoms with Crippen molar-refractivity contribution in [2.45, 2.75) is 0 Å². The fraction of sp³-hybridized carbons (Fsp3) is 0. The van der Waals surface area contributed by atoms with Crippen LogP contribution in [0.4, 0.5) is 0 Å². The van der Waals surface area contributed by atoms with Crippen LogP contribution < -0.4 is 0 Å². The molecule has 1 aliphatic rings. The number of fused-ring (bicyclic) bond motifs is 9. The third kappa shape index (κ3) is 2.57. The van der Waals surface area contributed by atoms with Crippen LogP contribution in [0.3, 0.4) is 0 Å². The fourth-order valence-electron chi connectivity index (χ4n) is 6.19. The summed E-state index contributed by atoms with van der Waals surface area (Å²) in [4.78, 5) is 0. The molecule has 0 fully saturated rings. The topological polar surface area (TPSA) is 0 Å². The van der Waals surface area contributed by atoms with Crippen LogP contribution in [0, 0.1) is 5.92 Å². The fourth-order valence-corrected chi connectivity index (χ4v) is 6.19. The molecule has 0 aromatic heterocycles. The van der Waals surface area contributed by atoms with Crippen molar-refractivity contribution in [3.63, 3.8) is 0 Å². The monoisotopic (exact) mass is 441 g/mol. The van der Waals surface area contributed by atoms with E-state index in [1.165, 1.54) is 76.8 Å². The summed E-state index contributed by atoms with van der Waals surface area (Å²) >= 11 is 0. The van der Waals surface area contributed by atoms with Crippen molar-refractivity contribution in [2.24, 2.45) is 0 Å². The minimum atomic E-state index is 1.28. The van der Waals surface area contributed by atoms with Gasteiger partial charge in [0.2, 0.25) is 0 Å². The third-order valence-corrected chi connectivity index (χ3v) is 7.67. The second-order valence-corrected chi connectivity index (χ2v) is 9.49. The molecular weight excluding hydrogens is 420 g/mol. The van der Waals surface area contributed by atoms with E-state index in [9.17, 15) is 0 Å². The van der Waals surface area contributed by atoms with E-state index < -0.39 is 0 Å². The maximum absolute atomic E-state index is 2.33. The lowest BCUT2D eigenvalue weighted by Crippen LogP contribution is -2.04. The quantitative estimate of drug-likeness (QED) is 0.223. The van der Waals surface area contributed by atoms with Gasteiger partial charge >= 0.3 is 0 Å². The maximum Gasteiger partial charge on any atom is 0.0667 e. The average Bonchev–Trinajstić information content (AvgIpc) is 3.26. The van der Waals surface area contributed by atoms with Crippen LogP contribution in [0.15, 0.2) is 127 Å². The highest BCUT2D eigenvalue weighted by molar-refractivity contribution is 6.13. The molecule has 0 aliphatic heterocycles. The van der Waals surface area contributed by atoms with Crippen molar-refractivity contribution < 1.29 is 0 Å². The molecule has 0 saturated heterocycles. The highest BCUT2D eigenvalue weighted by Gasteiger charge is 2.35. The lowest BCUT2D eigenvalue weighted by Gasteiger charge is -2.21. The molecule has 1 radical (unpaired) electrons. The lowest BCUT2D eigenvalue weighted by atomic mass is 9.80. The van der Waals surface area contributed by atoms with Crippen molar-refractivity contribution in [3.8, 4) is 11.1 Å². The zero-order chi connectivity index (χ0) is 22.9. The number of rotatable bonds is 1. The Bertz CT molecular complexity index is 1820. The summed E-state index contributed by atoms with van der Waals surface area (Å²) in [6.45, 7) is 0. The van der Waals surface area contributed by atoms with Crippen molar-refractivity contribution in [2.75, 3.05) is 0 Å². The normalized spacial score (nSPS) is 13.0. The molecule has 0 spiro atoms. The first-order chi connectivity index (χ1) is 17.4. The van der Waals surface area contributed by atoms with Crippen LogP contribution in [0.2, 0.25) is 0 Å². The van der Waals surface area contributed by atoms with Crippen LogP contribution in [0.5, 0.6) is 0 Å². The van der Waals surface area contributed by atoms with Crippen LogP contribution in [0.25, 0.3) is 54.2 Å². The molecule has 0 atom stereocenters. The molecule has 0 bridgehead atoms. The van der Waals surface area contributed by atoms with E-state index in [4.69, 9.17) is 0 Å². The smallest absolute Gasteiger partial charge is 0.0616 e. The minimum absolute atomic E-state index is 1.28. The Balaban J connectivity index is 1.63. The SMILES string of the molecule is c1ccc2c3c(ccc2c1)-c1ccc2ccccc2c1[C]3c1c2ccccc2cc2ccccc12. The Morgan fingerprint density at radius 3 is 1.11 bits per heavy atom. The van der Waals surface area contributed by atoms with Gasteiger partial charge in [0.1, 0.15) is 0 Å². The Hall–Kier alpha value is -4.42. The molecule has 0 heterocycles. The summed E-state index contributed by atoms with van der Waals surface area (Å²) in [5.74, 6) is 1.36. The van der Waals surface area contributed by atoms with Gasteiger partial charge in [0.25, 0.3) is 0 Å². The second-order valence-electron chi connectivity index (χ2n) is 9.49. The Morgan fingerprint density at radius 2 is 0.657 bits per heavy atom. The molecule has 7 aromatic carbocycles. The summed E-state index contributed by atoms with van der Waals surface area (Å²) in [5, 5.41) is 10.4. The first-order valence-corrected chi connectivity index (χ1v) is 12.2. The number of benzene rings is 7. The number of hydrogen-bond acceptors (Lipinski definition) is 0. The highest BCUT2D eigenvalue weighted by atomic mass is 14.4. The molecular formula is C35H21.